The van der Waals surface area contributed by atoms with E-state index in [1.165, 1.54) is 11.3 Å². The predicted molar refractivity (Wildman–Crippen MR) is 72.2 cm³/mol. The molecular weight excluding hydrogens is 341 g/mol. The summed E-state index contributed by atoms with van der Waals surface area (Å²) < 4.78 is 39.0. The number of hydrogen-bond donors (Lipinski definition) is 0. The second-order valence-electron chi connectivity index (χ2n) is 4.95. The van der Waals surface area contributed by atoms with E-state index in [-0.39, 0.29) is 25.0 Å². The van der Waals surface area contributed by atoms with Crippen LogP contribution in [-0.2, 0) is 11.2 Å². The fraction of sp³-hybridized carbons (Fsp3) is 0.615. The Morgan fingerprint density at radius 3 is 2.68 bits per heavy atom. The highest BCUT2D eigenvalue weighted by Gasteiger charge is 2.43. The molecule has 0 aromatic carbocycles. The van der Waals surface area contributed by atoms with Gasteiger partial charge in [-0.05, 0) is 47.3 Å². The van der Waals surface area contributed by atoms with Crippen molar-refractivity contribution in [1.29, 1.82) is 0 Å². The van der Waals surface area contributed by atoms with E-state index in [1.54, 1.807) is 0 Å². The molecule has 6 heteroatoms. The normalized spacial score (nSPS) is 24.4. The maximum absolute atomic E-state index is 12.7. The molecule has 0 amide bonds. The molecule has 1 heterocycles. The average molecular weight is 355 g/mol. The first-order chi connectivity index (χ1) is 8.86. The number of carbonyl (C=O) groups excluding carboxylic acids is 1. The van der Waals surface area contributed by atoms with Crippen molar-refractivity contribution in [3.63, 3.8) is 0 Å². The number of rotatable bonds is 3. The first kappa shape index (κ1) is 15.0. The van der Waals surface area contributed by atoms with Crippen molar-refractivity contribution in [2.45, 2.75) is 38.3 Å². The van der Waals surface area contributed by atoms with Crippen LogP contribution in [0.1, 0.15) is 30.6 Å². The summed E-state index contributed by atoms with van der Waals surface area (Å²) >= 11 is 4.77. The number of carbonyl (C=O) groups is 1. The minimum atomic E-state index is -4.16. The second kappa shape index (κ2) is 5.95. The number of Topliss-reactive ketones (excluding diaryl/α,β-unsaturated/α-hetero) is 1. The van der Waals surface area contributed by atoms with Gasteiger partial charge in [-0.2, -0.15) is 13.2 Å². The van der Waals surface area contributed by atoms with Crippen molar-refractivity contribution < 1.29 is 18.0 Å². The second-order valence-corrected chi connectivity index (χ2v) is 7.50. The Bertz CT molecular complexity index is 455. The summed E-state index contributed by atoms with van der Waals surface area (Å²) in [6.07, 6.45) is -2.68. The van der Waals surface area contributed by atoms with Gasteiger partial charge < -0.3 is 0 Å². The minimum absolute atomic E-state index is 0.0329. The van der Waals surface area contributed by atoms with Crippen LogP contribution >= 0.6 is 27.3 Å². The van der Waals surface area contributed by atoms with Crippen molar-refractivity contribution in [2.75, 3.05) is 0 Å². The van der Waals surface area contributed by atoms with Crippen molar-refractivity contribution in [1.82, 2.24) is 0 Å². The van der Waals surface area contributed by atoms with Gasteiger partial charge in [0.25, 0.3) is 0 Å². The zero-order chi connectivity index (χ0) is 14.0. The number of halogens is 4. The van der Waals surface area contributed by atoms with E-state index in [0.29, 0.717) is 12.8 Å². The number of hydrogen-bond acceptors (Lipinski definition) is 2. The predicted octanol–water partition coefficient (Wildman–Crippen LogP) is 4.99. The largest absolute Gasteiger partial charge is 0.391 e. The average Bonchev–Trinajstić information content (AvgIpc) is 2.74. The van der Waals surface area contributed by atoms with Crippen molar-refractivity contribution >= 4 is 33.0 Å². The third kappa shape index (κ3) is 4.05. The van der Waals surface area contributed by atoms with Gasteiger partial charge in [0.1, 0.15) is 5.78 Å². The highest BCUT2D eigenvalue weighted by Crippen LogP contribution is 2.40. The SMILES string of the molecule is O=C(Cc1ccc(Br)s1)C1CCCC(C(F)(F)F)C1. The minimum Gasteiger partial charge on any atom is -0.299 e. The summed E-state index contributed by atoms with van der Waals surface area (Å²) in [7, 11) is 0. The van der Waals surface area contributed by atoms with Crippen LogP contribution in [0.15, 0.2) is 15.9 Å². The van der Waals surface area contributed by atoms with Crippen LogP contribution in [0.2, 0.25) is 0 Å². The molecule has 1 nitrogen and oxygen atoms in total. The Hall–Kier alpha value is -0.360. The van der Waals surface area contributed by atoms with Gasteiger partial charge in [0.2, 0.25) is 0 Å². The number of alkyl halides is 3. The van der Waals surface area contributed by atoms with Crippen molar-refractivity contribution in [3.05, 3.63) is 20.8 Å². The monoisotopic (exact) mass is 354 g/mol. The van der Waals surface area contributed by atoms with Crippen LogP contribution in [0.5, 0.6) is 0 Å². The molecule has 2 unspecified atom stereocenters. The van der Waals surface area contributed by atoms with Gasteiger partial charge in [0.05, 0.1) is 9.70 Å². The molecule has 2 atom stereocenters. The molecule has 0 bridgehead atoms. The molecule has 1 aliphatic rings. The van der Waals surface area contributed by atoms with E-state index in [1.807, 2.05) is 12.1 Å². The number of ketones is 1. The van der Waals surface area contributed by atoms with Crippen LogP contribution in [0, 0.1) is 11.8 Å². The van der Waals surface area contributed by atoms with Gasteiger partial charge in [-0.1, -0.05) is 6.42 Å². The fourth-order valence-corrected chi connectivity index (χ4v) is 4.04. The molecule has 0 radical (unpaired) electrons. The Morgan fingerprint density at radius 1 is 1.37 bits per heavy atom. The molecular formula is C13H14BrF3OS. The van der Waals surface area contributed by atoms with Gasteiger partial charge in [-0.3, -0.25) is 4.79 Å². The van der Waals surface area contributed by atoms with Crippen LogP contribution in [0.3, 0.4) is 0 Å². The molecule has 1 aromatic rings. The van der Waals surface area contributed by atoms with Crippen LogP contribution in [-0.4, -0.2) is 12.0 Å². The van der Waals surface area contributed by atoms with Crippen molar-refractivity contribution in [2.24, 2.45) is 11.8 Å². The summed E-state index contributed by atoms with van der Waals surface area (Å²) in [5, 5.41) is 0. The van der Waals surface area contributed by atoms with E-state index >= 15 is 0 Å². The quantitative estimate of drug-likeness (QED) is 0.747. The lowest BCUT2D eigenvalue weighted by atomic mass is 9.78. The van der Waals surface area contributed by atoms with Crippen molar-refractivity contribution in [3.8, 4) is 0 Å². The molecule has 1 fully saturated rings. The summed E-state index contributed by atoms with van der Waals surface area (Å²) in [6, 6.07) is 3.70. The van der Waals surface area contributed by atoms with E-state index < -0.39 is 18.0 Å². The molecule has 1 aliphatic carbocycles. The molecule has 2 rings (SSSR count). The Kier molecular flexibility index (Phi) is 4.71. The maximum atomic E-state index is 12.7. The van der Waals surface area contributed by atoms with Crippen LogP contribution in [0.25, 0.3) is 0 Å². The van der Waals surface area contributed by atoms with E-state index in [4.69, 9.17) is 0 Å². The molecule has 1 saturated carbocycles. The lowest BCUT2D eigenvalue weighted by Gasteiger charge is -2.29. The highest BCUT2D eigenvalue weighted by molar-refractivity contribution is 9.11. The summed E-state index contributed by atoms with van der Waals surface area (Å²) in [4.78, 5) is 13.0. The molecule has 1 aromatic heterocycles. The van der Waals surface area contributed by atoms with Gasteiger partial charge in [0.15, 0.2) is 0 Å². The first-order valence-electron chi connectivity index (χ1n) is 6.20. The van der Waals surface area contributed by atoms with E-state index in [2.05, 4.69) is 15.9 Å². The van der Waals surface area contributed by atoms with Gasteiger partial charge in [0, 0.05) is 17.2 Å². The molecule has 0 spiro atoms. The maximum Gasteiger partial charge on any atom is 0.391 e. The highest BCUT2D eigenvalue weighted by atomic mass is 79.9. The third-order valence-corrected chi connectivity index (χ3v) is 5.19. The topological polar surface area (TPSA) is 17.1 Å². The van der Waals surface area contributed by atoms with E-state index in [0.717, 1.165) is 8.66 Å². The molecule has 0 saturated heterocycles. The summed E-state index contributed by atoms with van der Waals surface area (Å²) in [6.45, 7) is 0. The third-order valence-electron chi connectivity index (χ3n) is 3.57. The van der Waals surface area contributed by atoms with Gasteiger partial charge in [-0.25, -0.2) is 0 Å². The van der Waals surface area contributed by atoms with E-state index in [9.17, 15) is 18.0 Å². The fourth-order valence-electron chi connectivity index (χ4n) is 2.54. The van der Waals surface area contributed by atoms with Gasteiger partial charge in [-0.15, -0.1) is 11.3 Å². The molecule has 106 valence electrons. The lowest BCUT2D eigenvalue weighted by Crippen LogP contribution is -2.32. The number of thiophene rings is 1. The summed E-state index contributed by atoms with van der Waals surface area (Å²) in [5.74, 6) is -1.78. The zero-order valence-corrected chi connectivity index (χ0v) is 12.6. The van der Waals surface area contributed by atoms with Crippen LogP contribution < -0.4 is 0 Å². The Balaban J connectivity index is 1.95. The zero-order valence-electron chi connectivity index (χ0n) is 10.2. The van der Waals surface area contributed by atoms with Gasteiger partial charge >= 0.3 is 6.18 Å². The smallest absolute Gasteiger partial charge is 0.299 e. The summed E-state index contributed by atoms with van der Waals surface area (Å²) in [5.41, 5.74) is 0. The standard InChI is InChI=1S/C13H14BrF3OS/c14-12-5-4-10(19-12)7-11(18)8-2-1-3-9(6-8)13(15,16)17/h4-5,8-9H,1-3,6-7H2. The Labute approximate surface area is 122 Å². The van der Waals surface area contributed by atoms with Crippen LogP contribution in [0.4, 0.5) is 13.2 Å². The first-order valence-corrected chi connectivity index (χ1v) is 7.81. The molecule has 0 N–H and O–H groups in total. The molecule has 19 heavy (non-hydrogen) atoms. The Morgan fingerprint density at radius 2 is 2.11 bits per heavy atom. The molecule has 0 aliphatic heterocycles. The lowest BCUT2D eigenvalue weighted by molar-refractivity contribution is -0.186.